The Morgan fingerprint density at radius 1 is 1.15 bits per heavy atom. The van der Waals surface area contributed by atoms with Crippen LogP contribution in [-0.4, -0.2) is 103 Å². The molecular weight excluding hydrogens is 605 g/mol. The van der Waals surface area contributed by atoms with Gasteiger partial charge in [-0.15, -0.1) is 0 Å². The normalized spacial score (nSPS) is 25.3. The fraction of sp³-hybridized carbons (Fsp3) is 0.515. The lowest BCUT2D eigenvalue weighted by Gasteiger charge is -2.48. The van der Waals surface area contributed by atoms with Crippen LogP contribution in [0.5, 0.6) is 6.01 Å². The molecule has 2 fully saturated rings. The van der Waals surface area contributed by atoms with Crippen molar-refractivity contribution in [3.05, 3.63) is 66.5 Å². The van der Waals surface area contributed by atoms with E-state index in [0.717, 1.165) is 10.4 Å². The number of halogens is 1. The molecule has 0 aliphatic carbocycles. The first-order chi connectivity index (χ1) is 23.1. The number of rotatable bonds is 9. The number of benzene rings is 2. The average molecular weight is 655 g/mol. The average Bonchev–Trinajstić information content (AvgIpc) is 3.25. The van der Waals surface area contributed by atoms with Gasteiger partial charge in [0.1, 0.15) is 12.3 Å². The number of ether oxygens (including phenoxy) is 2. The number of aromatic nitrogens is 3. The van der Waals surface area contributed by atoms with Crippen LogP contribution in [0.25, 0.3) is 0 Å². The summed E-state index contributed by atoms with van der Waals surface area (Å²) in [6.07, 6.45) is -1.22. The van der Waals surface area contributed by atoms with Gasteiger partial charge in [-0.3, -0.25) is 4.90 Å². The Kier molecular flexibility index (Phi) is 8.79. The quantitative estimate of drug-likeness (QED) is 0.117. The van der Waals surface area contributed by atoms with Crippen LogP contribution in [-0.2, 0) is 9.16 Å². The summed E-state index contributed by atoms with van der Waals surface area (Å²) in [6.45, 7) is 5.58. The summed E-state index contributed by atoms with van der Waals surface area (Å²) in [7, 11) is -1.60. The molecule has 0 bridgehead atoms. The van der Waals surface area contributed by atoms with E-state index >= 15 is 0 Å². The summed E-state index contributed by atoms with van der Waals surface area (Å²) in [5.74, 6) is -0.526. The van der Waals surface area contributed by atoms with E-state index in [-0.39, 0.29) is 68.9 Å². The van der Waals surface area contributed by atoms with E-state index in [1.54, 1.807) is 11.8 Å². The fourth-order valence-corrected chi connectivity index (χ4v) is 11.1. The molecule has 0 radical (unpaired) electrons. The lowest BCUT2D eigenvalue weighted by Crippen LogP contribution is -2.70. The zero-order chi connectivity index (χ0) is 35.6. The number of likely N-dealkylation sites (tertiary alicyclic amines) is 1. The van der Waals surface area contributed by atoms with Crippen molar-refractivity contribution < 1.29 is 27.6 Å². The van der Waals surface area contributed by atoms with E-state index in [0.29, 0.717) is 0 Å². The summed E-state index contributed by atoms with van der Waals surface area (Å²) in [5.41, 5.74) is 4.10. The molecule has 0 amide bonds. The monoisotopic (exact) mass is 654 g/mol. The van der Waals surface area contributed by atoms with Crippen LogP contribution in [0.2, 0.25) is 5.04 Å². The highest BCUT2D eigenvalue weighted by molar-refractivity contribution is 6.99. The third-order valence-electron chi connectivity index (χ3n) is 8.66. The third-order valence-corrected chi connectivity index (χ3v) is 13.8. The van der Waals surface area contributed by atoms with Crippen LogP contribution >= 0.6 is 0 Å². The summed E-state index contributed by atoms with van der Waals surface area (Å²) in [4.78, 5) is 16.8. The van der Waals surface area contributed by atoms with Crippen molar-refractivity contribution in [3.8, 4) is 6.01 Å². The minimum atomic E-state index is -3.42. The minimum absolute atomic E-state index is 0.0344. The van der Waals surface area contributed by atoms with Crippen LogP contribution in [0.1, 0.15) is 50.9 Å². The van der Waals surface area contributed by atoms with Gasteiger partial charge >= 0.3 is 6.01 Å². The molecule has 3 N–H and O–H groups in total. The molecule has 3 heterocycles. The number of alkyl halides is 1. The fourth-order valence-electron chi connectivity index (χ4n) is 6.48. The number of amidine groups is 1. The molecule has 1 aromatic heterocycles. The molecule has 1 unspecified atom stereocenters. The summed E-state index contributed by atoms with van der Waals surface area (Å²) < 4.78 is 60.7. The van der Waals surface area contributed by atoms with Gasteiger partial charge < -0.3 is 29.7 Å². The molecule has 46 heavy (non-hydrogen) atoms. The first-order valence-corrected chi connectivity index (χ1v) is 17.4. The van der Waals surface area contributed by atoms with Crippen molar-refractivity contribution >= 4 is 30.5 Å². The van der Waals surface area contributed by atoms with Crippen molar-refractivity contribution in [1.82, 2.24) is 19.9 Å². The van der Waals surface area contributed by atoms with E-state index in [2.05, 4.69) is 40.9 Å². The Bertz CT molecular complexity index is 1560. The van der Waals surface area contributed by atoms with Crippen LogP contribution in [0.3, 0.4) is 0 Å². The molecule has 13 heteroatoms. The van der Waals surface area contributed by atoms with Crippen LogP contribution in [0, 0.1) is 0 Å². The second kappa shape index (κ2) is 13.6. The Labute approximate surface area is 275 Å². The zero-order valence-corrected chi connectivity index (χ0v) is 28.1. The Morgan fingerprint density at radius 2 is 1.80 bits per heavy atom. The molecule has 2 aromatic carbocycles. The van der Waals surface area contributed by atoms with Gasteiger partial charge in [0, 0.05) is 23.2 Å². The van der Waals surface area contributed by atoms with E-state index in [4.69, 9.17) is 23.7 Å². The van der Waals surface area contributed by atoms with Crippen molar-refractivity contribution in [3.63, 3.8) is 0 Å². The lowest BCUT2D eigenvalue weighted by molar-refractivity contribution is -0.000403. The van der Waals surface area contributed by atoms with Gasteiger partial charge in [0.15, 0.2) is 0 Å². The summed E-state index contributed by atoms with van der Waals surface area (Å²) in [5, 5.41) is 13.9. The smallest absolute Gasteiger partial charge is 0.322 e. The second-order valence-electron chi connectivity index (χ2n) is 13.1. The predicted octanol–water partition coefficient (Wildman–Crippen LogP) is 2.95. The molecular formula is C33H46FN7O4Si. The van der Waals surface area contributed by atoms with Gasteiger partial charge in [-0.25, -0.2) is 4.39 Å². The molecule has 3 aromatic rings. The standard InChI is InChI=1S/C33H46FN7O4Si/c1-23(27-19-24(34)20-40(27)6)44-31-37-29(28(35)39-42)36-30(38-31)41-17-18-43-22-33(5,21-41)45-46(32(2,3)4,25-13-9-7-10-14-25)26-15-11-8-12-16-26/h7-16,23-24,27,42H,17-22H2,1-6H3,(H2,35,39)/t23-,24+,27-,33?/m0/s1/i5D3. The molecule has 2 aliphatic heterocycles. The predicted molar refractivity (Wildman–Crippen MR) is 179 cm³/mol. The zero-order valence-electron chi connectivity index (χ0n) is 30.1. The molecule has 0 saturated carbocycles. The van der Waals surface area contributed by atoms with E-state index in [1.807, 2.05) is 72.6 Å². The molecule has 2 saturated heterocycles. The highest BCUT2D eigenvalue weighted by Gasteiger charge is 2.54. The number of hydrogen-bond donors (Lipinski definition) is 2. The molecule has 5 rings (SSSR count). The maximum atomic E-state index is 14.2. The van der Waals surface area contributed by atoms with Crippen LogP contribution < -0.4 is 25.7 Å². The van der Waals surface area contributed by atoms with Crippen molar-refractivity contribution in [1.29, 1.82) is 0 Å². The Hall–Kier alpha value is -3.65. The highest BCUT2D eigenvalue weighted by Crippen LogP contribution is 2.40. The number of likely N-dealkylation sites (N-methyl/N-ethyl adjacent to an activating group) is 1. The third kappa shape index (κ3) is 7.02. The van der Waals surface area contributed by atoms with Crippen molar-refractivity contribution in [2.75, 3.05) is 44.8 Å². The summed E-state index contributed by atoms with van der Waals surface area (Å²) in [6, 6.07) is 19.2. The van der Waals surface area contributed by atoms with Gasteiger partial charge in [-0.1, -0.05) is 86.6 Å². The van der Waals surface area contributed by atoms with Crippen molar-refractivity contribution in [2.24, 2.45) is 10.9 Å². The topological polar surface area (TPSA) is 131 Å². The lowest BCUT2D eigenvalue weighted by atomic mass is 10.1. The van der Waals surface area contributed by atoms with Gasteiger partial charge in [-0.05, 0) is 42.7 Å². The number of hydrogen-bond acceptors (Lipinski definition) is 10. The molecule has 0 spiro atoms. The largest absolute Gasteiger partial charge is 0.459 e. The highest BCUT2D eigenvalue weighted by atomic mass is 28.4. The first-order valence-electron chi connectivity index (χ1n) is 17.0. The van der Waals surface area contributed by atoms with Gasteiger partial charge in [0.25, 0.3) is 8.32 Å². The molecule has 4 atom stereocenters. The van der Waals surface area contributed by atoms with Crippen molar-refractivity contribution in [2.45, 2.75) is 69.9 Å². The van der Waals surface area contributed by atoms with Crippen LogP contribution in [0.15, 0.2) is 65.8 Å². The Morgan fingerprint density at radius 3 is 2.35 bits per heavy atom. The Balaban J connectivity index is 1.61. The second-order valence-corrected chi connectivity index (χ2v) is 17.3. The maximum Gasteiger partial charge on any atom is 0.322 e. The minimum Gasteiger partial charge on any atom is -0.459 e. The summed E-state index contributed by atoms with van der Waals surface area (Å²) >= 11 is 0. The van der Waals surface area contributed by atoms with Gasteiger partial charge in [0.05, 0.1) is 25.4 Å². The van der Waals surface area contributed by atoms with E-state index in [1.165, 1.54) is 0 Å². The maximum absolute atomic E-state index is 14.2. The van der Waals surface area contributed by atoms with Gasteiger partial charge in [-0.2, -0.15) is 15.0 Å². The van der Waals surface area contributed by atoms with Gasteiger partial charge in [0.2, 0.25) is 17.6 Å². The van der Waals surface area contributed by atoms with E-state index < -0.39 is 38.1 Å². The molecule has 248 valence electrons. The SMILES string of the molecule is [2H]C([2H])([2H])C1(O[Si](c2ccccc2)(c2ccccc2)C(C)(C)C)COCCN(c2nc(O[C@@H](C)[C@@H]3C[C@@H](F)CN3C)nc(/C(N)=N/O)n2)C1. The van der Waals surface area contributed by atoms with E-state index in [9.17, 15) is 9.60 Å². The van der Waals surface area contributed by atoms with Crippen LogP contribution in [0.4, 0.5) is 10.3 Å². The number of oxime groups is 1. The number of anilines is 1. The number of nitrogens with zero attached hydrogens (tertiary/aromatic N) is 6. The molecule has 11 nitrogen and oxygen atoms in total. The molecule has 2 aliphatic rings. The number of nitrogens with two attached hydrogens (primary N) is 1. The first kappa shape index (κ1) is 29.7.